The number of carbonyl (C=O) groups is 1. The number of carboxylic acid groups (broad SMARTS) is 1. The SMILES string of the molecule is COc1cc(-c2ccc([C@@H]3CCc4ccc([C@H](C5CC5)[C@H](C)C(=O)O)cc4O3)cc2CN2CCC[C@@H]2C)ccn1. The number of aliphatic carboxylic acids is 1. The van der Waals surface area contributed by atoms with Gasteiger partial charge in [0.15, 0.2) is 0 Å². The van der Waals surface area contributed by atoms with Crippen molar-refractivity contribution in [1.82, 2.24) is 9.88 Å². The van der Waals surface area contributed by atoms with E-state index in [1.807, 2.05) is 19.2 Å². The molecule has 2 aromatic carbocycles. The summed E-state index contributed by atoms with van der Waals surface area (Å²) in [5.74, 6) is 0.900. The quantitative estimate of drug-likeness (QED) is 0.314. The molecule has 3 aliphatic rings. The third kappa shape index (κ3) is 5.46. The Morgan fingerprint density at radius 1 is 1.12 bits per heavy atom. The normalized spacial score (nSPS) is 22.3. The van der Waals surface area contributed by atoms with Gasteiger partial charge in [0.2, 0.25) is 5.88 Å². The van der Waals surface area contributed by atoms with Gasteiger partial charge in [-0.3, -0.25) is 9.69 Å². The van der Waals surface area contributed by atoms with Gasteiger partial charge in [0.05, 0.1) is 13.0 Å². The van der Waals surface area contributed by atoms with E-state index in [0.717, 1.165) is 55.6 Å². The molecule has 1 saturated carbocycles. The Balaban J connectivity index is 1.30. The zero-order valence-electron chi connectivity index (χ0n) is 23.8. The highest BCUT2D eigenvalue weighted by Gasteiger charge is 2.39. The molecule has 1 saturated heterocycles. The van der Waals surface area contributed by atoms with Crippen LogP contribution in [0.3, 0.4) is 0 Å². The first-order valence-corrected chi connectivity index (χ1v) is 14.8. The Hall–Kier alpha value is -3.38. The fourth-order valence-electron chi connectivity index (χ4n) is 6.77. The number of aryl methyl sites for hydroxylation is 1. The third-order valence-electron chi connectivity index (χ3n) is 9.30. The standard InChI is InChI=1S/C34H40N2O4/c1-21-5-4-16-36(21)20-28-17-26(10-12-29(28)25-14-15-35-32(19-25)39-3)30-13-11-23-6-9-27(18-31(23)40-30)33(24-7-8-24)22(2)34(37)38/h6,9-10,12,14-15,17-19,21-22,24,30,33H,4-5,7-8,11,13,16,20H2,1-3H3,(H,37,38)/t21-,22-,30-,33-/m0/s1. The second-order valence-electron chi connectivity index (χ2n) is 12.0. The molecule has 3 aromatic rings. The summed E-state index contributed by atoms with van der Waals surface area (Å²) in [6.07, 6.45) is 8.35. The Kier molecular flexibility index (Phi) is 7.54. The first-order valence-electron chi connectivity index (χ1n) is 14.8. The molecular weight excluding hydrogens is 500 g/mol. The molecule has 0 amide bonds. The van der Waals surface area contributed by atoms with Crippen molar-refractivity contribution in [3.8, 4) is 22.8 Å². The molecule has 6 rings (SSSR count). The lowest BCUT2D eigenvalue weighted by atomic mass is 9.82. The zero-order valence-corrected chi connectivity index (χ0v) is 23.8. The summed E-state index contributed by atoms with van der Waals surface area (Å²) in [5.41, 5.74) is 7.12. The van der Waals surface area contributed by atoms with Gasteiger partial charge >= 0.3 is 5.97 Å². The third-order valence-corrected chi connectivity index (χ3v) is 9.30. The molecule has 6 nitrogen and oxygen atoms in total. The molecule has 0 bridgehead atoms. The van der Waals surface area contributed by atoms with Crippen molar-refractivity contribution in [2.45, 2.75) is 77.0 Å². The van der Waals surface area contributed by atoms with E-state index in [-0.39, 0.29) is 12.0 Å². The fraction of sp³-hybridized carbons (Fsp3) is 0.471. The van der Waals surface area contributed by atoms with Crippen molar-refractivity contribution >= 4 is 5.97 Å². The molecule has 40 heavy (non-hydrogen) atoms. The fourth-order valence-corrected chi connectivity index (χ4v) is 6.77. The van der Waals surface area contributed by atoms with Gasteiger partial charge in [0.25, 0.3) is 0 Å². The van der Waals surface area contributed by atoms with Crippen LogP contribution >= 0.6 is 0 Å². The molecule has 3 heterocycles. The molecule has 0 radical (unpaired) electrons. The van der Waals surface area contributed by atoms with Crippen molar-refractivity contribution in [2.75, 3.05) is 13.7 Å². The molecule has 0 unspecified atom stereocenters. The number of rotatable bonds is 9. The van der Waals surface area contributed by atoms with Gasteiger partial charge in [0, 0.05) is 24.8 Å². The number of nitrogens with zero attached hydrogens (tertiary/aromatic N) is 2. The van der Waals surface area contributed by atoms with Gasteiger partial charge in [-0.05, 0) is 109 Å². The summed E-state index contributed by atoms with van der Waals surface area (Å²) in [5, 5.41) is 9.75. The van der Waals surface area contributed by atoms with Crippen molar-refractivity contribution < 1.29 is 19.4 Å². The van der Waals surface area contributed by atoms with E-state index in [1.54, 1.807) is 7.11 Å². The van der Waals surface area contributed by atoms with Crippen LogP contribution in [0.1, 0.15) is 80.2 Å². The second-order valence-corrected chi connectivity index (χ2v) is 12.0. The Bertz CT molecular complexity index is 1380. The van der Waals surface area contributed by atoms with Crippen LogP contribution in [0.25, 0.3) is 11.1 Å². The number of pyridine rings is 1. The number of benzene rings is 2. The van der Waals surface area contributed by atoms with Crippen LogP contribution in [0.2, 0.25) is 0 Å². The number of ether oxygens (including phenoxy) is 2. The molecular formula is C34H40N2O4. The van der Waals surface area contributed by atoms with Crippen molar-refractivity contribution in [2.24, 2.45) is 11.8 Å². The highest BCUT2D eigenvalue weighted by atomic mass is 16.5. The van der Waals surface area contributed by atoms with Crippen molar-refractivity contribution in [3.05, 3.63) is 77.0 Å². The Morgan fingerprint density at radius 3 is 2.70 bits per heavy atom. The first kappa shape index (κ1) is 26.8. The second kappa shape index (κ2) is 11.2. The van der Waals surface area contributed by atoms with Gasteiger partial charge in [-0.25, -0.2) is 4.98 Å². The lowest BCUT2D eigenvalue weighted by molar-refractivity contribution is -0.142. The van der Waals surface area contributed by atoms with E-state index in [1.165, 1.54) is 35.1 Å². The van der Waals surface area contributed by atoms with Crippen LogP contribution in [-0.2, 0) is 17.8 Å². The molecule has 2 fully saturated rings. The number of fused-ring (bicyclic) bond motifs is 1. The molecule has 1 aromatic heterocycles. The maximum atomic E-state index is 11.9. The van der Waals surface area contributed by atoms with Crippen molar-refractivity contribution in [1.29, 1.82) is 0 Å². The Labute approximate surface area is 237 Å². The van der Waals surface area contributed by atoms with Gasteiger partial charge in [-0.15, -0.1) is 0 Å². The maximum Gasteiger partial charge on any atom is 0.306 e. The molecule has 4 atom stereocenters. The minimum absolute atomic E-state index is 0.0326. The molecule has 0 spiro atoms. The summed E-state index contributed by atoms with van der Waals surface area (Å²) in [7, 11) is 1.65. The van der Waals surface area contributed by atoms with Crippen molar-refractivity contribution in [3.63, 3.8) is 0 Å². The molecule has 1 N–H and O–H groups in total. The van der Waals surface area contributed by atoms with Crippen LogP contribution in [0.5, 0.6) is 11.6 Å². The van der Waals surface area contributed by atoms with Gasteiger partial charge < -0.3 is 14.6 Å². The average Bonchev–Trinajstić information content (AvgIpc) is 3.73. The maximum absolute atomic E-state index is 11.9. The van der Waals surface area contributed by atoms with Crippen LogP contribution < -0.4 is 9.47 Å². The van der Waals surface area contributed by atoms with E-state index in [4.69, 9.17) is 9.47 Å². The summed E-state index contributed by atoms with van der Waals surface area (Å²) in [6, 6.07) is 17.8. The number of hydrogen-bond acceptors (Lipinski definition) is 5. The summed E-state index contributed by atoms with van der Waals surface area (Å²) in [6.45, 7) is 6.19. The number of methoxy groups -OCH3 is 1. The number of likely N-dealkylation sites (tertiary alicyclic amines) is 1. The van der Waals surface area contributed by atoms with Gasteiger partial charge in [-0.2, -0.15) is 0 Å². The largest absolute Gasteiger partial charge is 0.485 e. The average molecular weight is 541 g/mol. The monoisotopic (exact) mass is 540 g/mol. The van der Waals surface area contributed by atoms with Gasteiger partial charge in [0.1, 0.15) is 11.9 Å². The van der Waals surface area contributed by atoms with E-state index in [0.29, 0.717) is 17.8 Å². The smallest absolute Gasteiger partial charge is 0.306 e. The number of carboxylic acids is 1. The summed E-state index contributed by atoms with van der Waals surface area (Å²) in [4.78, 5) is 18.8. The highest BCUT2D eigenvalue weighted by molar-refractivity contribution is 5.71. The van der Waals surface area contributed by atoms with Gasteiger partial charge in [-0.1, -0.05) is 37.3 Å². The number of aromatic nitrogens is 1. The lowest BCUT2D eigenvalue weighted by Gasteiger charge is -2.30. The van der Waals surface area contributed by atoms with Crippen LogP contribution in [-0.4, -0.2) is 40.7 Å². The zero-order chi connectivity index (χ0) is 27.8. The molecule has 210 valence electrons. The predicted octanol–water partition coefficient (Wildman–Crippen LogP) is 7.02. The topological polar surface area (TPSA) is 71.9 Å². The van der Waals surface area contributed by atoms with Crippen LogP contribution in [0.15, 0.2) is 54.7 Å². The van der Waals surface area contributed by atoms with E-state index >= 15 is 0 Å². The first-order chi connectivity index (χ1) is 19.4. The molecule has 1 aliphatic carbocycles. The summed E-state index contributed by atoms with van der Waals surface area (Å²) >= 11 is 0. The predicted molar refractivity (Wildman–Crippen MR) is 156 cm³/mol. The highest BCUT2D eigenvalue weighted by Crippen LogP contribution is 2.48. The van der Waals surface area contributed by atoms with Crippen LogP contribution in [0.4, 0.5) is 0 Å². The summed E-state index contributed by atoms with van der Waals surface area (Å²) < 4.78 is 12.1. The van der Waals surface area contributed by atoms with E-state index in [2.05, 4.69) is 59.3 Å². The minimum atomic E-state index is -0.722. The molecule has 6 heteroatoms. The lowest BCUT2D eigenvalue weighted by Crippen LogP contribution is -2.26. The number of hydrogen-bond donors (Lipinski definition) is 1. The van der Waals surface area contributed by atoms with E-state index < -0.39 is 11.9 Å². The Morgan fingerprint density at radius 2 is 1.98 bits per heavy atom. The van der Waals surface area contributed by atoms with E-state index in [9.17, 15) is 9.90 Å². The molecule has 2 aliphatic heterocycles. The minimum Gasteiger partial charge on any atom is -0.485 e. The van der Waals surface area contributed by atoms with Crippen LogP contribution in [0, 0.1) is 11.8 Å².